The van der Waals surface area contributed by atoms with Gasteiger partial charge in [0.05, 0.1) is 5.02 Å². The van der Waals surface area contributed by atoms with Crippen molar-refractivity contribution < 1.29 is 4.39 Å². The van der Waals surface area contributed by atoms with Crippen LogP contribution in [0.4, 0.5) is 10.1 Å². The van der Waals surface area contributed by atoms with Crippen LogP contribution in [0, 0.1) is 5.82 Å². The normalized spacial score (nSPS) is 10.6. The molecule has 0 fully saturated rings. The van der Waals surface area contributed by atoms with Gasteiger partial charge in [0.25, 0.3) is 0 Å². The molecule has 2 aromatic carbocycles. The number of unbranched alkanes of at least 4 members (excludes halogenated alkanes) is 1. The molecule has 0 aliphatic carbocycles. The summed E-state index contributed by atoms with van der Waals surface area (Å²) in [5.74, 6) is -0.374. The summed E-state index contributed by atoms with van der Waals surface area (Å²) in [5.41, 5.74) is 3.13. The minimum absolute atomic E-state index is 0.194. The van der Waals surface area contributed by atoms with E-state index < -0.39 is 0 Å². The molecule has 0 atom stereocenters. The van der Waals surface area contributed by atoms with Gasteiger partial charge in [-0.15, -0.1) is 0 Å². The molecule has 1 N–H and O–H groups in total. The summed E-state index contributed by atoms with van der Waals surface area (Å²) in [5, 5.41) is 3.46. The van der Waals surface area contributed by atoms with Crippen molar-refractivity contribution in [3.63, 3.8) is 0 Å². The van der Waals surface area contributed by atoms with Gasteiger partial charge in [-0.2, -0.15) is 0 Å². The fourth-order valence-corrected chi connectivity index (χ4v) is 2.25. The Morgan fingerprint density at radius 3 is 2.55 bits per heavy atom. The first-order valence-electron chi connectivity index (χ1n) is 6.96. The molecule has 0 aliphatic heterocycles. The van der Waals surface area contributed by atoms with E-state index in [1.807, 2.05) is 6.07 Å². The number of halogens is 2. The van der Waals surface area contributed by atoms with Crippen LogP contribution in [0.1, 0.15) is 30.9 Å². The van der Waals surface area contributed by atoms with Crippen LogP contribution in [0.2, 0.25) is 5.02 Å². The monoisotopic (exact) mass is 291 g/mol. The van der Waals surface area contributed by atoms with Crippen LogP contribution in [0.15, 0.2) is 42.5 Å². The van der Waals surface area contributed by atoms with E-state index in [9.17, 15) is 4.39 Å². The first kappa shape index (κ1) is 14.9. The number of anilines is 1. The second-order valence-corrected chi connectivity index (χ2v) is 5.24. The molecule has 0 amide bonds. The van der Waals surface area contributed by atoms with Crippen LogP contribution in [0.25, 0.3) is 0 Å². The molecule has 1 nitrogen and oxygen atoms in total. The van der Waals surface area contributed by atoms with Gasteiger partial charge in [-0.05, 0) is 42.2 Å². The second-order valence-electron chi connectivity index (χ2n) is 4.87. The van der Waals surface area contributed by atoms with E-state index in [0.717, 1.165) is 17.7 Å². The van der Waals surface area contributed by atoms with E-state index in [1.165, 1.54) is 24.5 Å². The van der Waals surface area contributed by atoms with E-state index in [4.69, 9.17) is 11.6 Å². The summed E-state index contributed by atoms with van der Waals surface area (Å²) >= 11 is 5.93. The molecule has 0 aliphatic rings. The molecule has 0 saturated carbocycles. The Morgan fingerprint density at radius 1 is 1.10 bits per heavy atom. The van der Waals surface area contributed by atoms with Crippen molar-refractivity contribution in [2.24, 2.45) is 0 Å². The van der Waals surface area contributed by atoms with E-state index in [2.05, 4.69) is 36.5 Å². The van der Waals surface area contributed by atoms with E-state index in [1.54, 1.807) is 6.07 Å². The van der Waals surface area contributed by atoms with Gasteiger partial charge in [0.15, 0.2) is 0 Å². The van der Waals surface area contributed by atoms with E-state index in [-0.39, 0.29) is 10.8 Å². The molecule has 20 heavy (non-hydrogen) atoms. The largest absolute Gasteiger partial charge is 0.381 e. The van der Waals surface area contributed by atoms with Crippen LogP contribution in [-0.4, -0.2) is 0 Å². The summed E-state index contributed by atoms with van der Waals surface area (Å²) in [7, 11) is 0. The smallest absolute Gasteiger partial charge is 0.142 e. The molecule has 2 rings (SSSR count). The van der Waals surface area contributed by atoms with Gasteiger partial charge in [0.2, 0.25) is 0 Å². The Kier molecular flexibility index (Phi) is 5.42. The number of rotatable bonds is 6. The Morgan fingerprint density at radius 2 is 1.85 bits per heavy atom. The predicted octanol–water partition coefficient (Wildman–Crippen LogP) is 5.43. The van der Waals surface area contributed by atoms with Gasteiger partial charge in [0, 0.05) is 12.2 Å². The van der Waals surface area contributed by atoms with E-state index in [0.29, 0.717) is 6.54 Å². The molecule has 0 bridgehead atoms. The van der Waals surface area contributed by atoms with E-state index >= 15 is 0 Å². The highest BCUT2D eigenvalue weighted by Gasteiger charge is 2.05. The molecule has 0 aromatic heterocycles. The summed E-state index contributed by atoms with van der Waals surface area (Å²) in [4.78, 5) is 0. The Balaban J connectivity index is 1.95. The predicted molar refractivity (Wildman–Crippen MR) is 83.8 cm³/mol. The third kappa shape index (κ3) is 3.97. The fraction of sp³-hybridized carbons (Fsp3) is 0.294. The van der Waals surface area contributed by atoms with Gasteiger partial charge >= 0.3 is 0 Å². The maximum absolute atomic E-state index is 13.3. The Hall–Kier alpha value is -1.54. The topological polar surface area (TPSA) is 12.0 Å². The lowest BCUT2D eigenvalue weighted by Gasteiger charge is -2.09. The average Bonchev–Trinajstić information content (AvgIpc) is 2.48. The average molecular weight is 292 g/mol. The minimum atomic E-state index is -0.374. The molecule has 0 spiro atoms. The van der Waals surface area contributed by atoms with Crippen molar-refractivity contribution in [2.75, 3.05) is 5.32 Å². The molecular formula is C17H19ClFN. The van der Waals surface area contributed by atoms with Crippen LogP contribution in [0.5, 0.6) is 0 Å². The number of benzene rings is 2. The Labute approximate surface area is 124 Å². The summed E-state index contributed by atoms with van der Waals surface area (Å²) in [6.45, 7) is 2.71. The molecular weight excluding hydrogens is 273 g/mol. The summed E-state index contributed by atoms with van der Waals surface area (Å²) in [6.07, 6.45) is 3.54. The third-order valence-corrected chi connectivity index (χ3v) is 3.71. The lowest BCUT2D eigenvalue weighted by Crippen LogP contribution is -2.01. The SMILES string of the molecule is CCCCc1ccc(NCc2cccc(F)c2Cl)cc1. The zero-order valence-corrected chi connectivity index (χ0v) is 12.4. The molecule has 2 aromatic rings. The van der Waals surface area contributed by atoms with Gasteiger partial charge < -0.3 is 5.32 Å². The van der Waals surface area contributed by atoms with Crippen LogP contribution < -0.4 is 5.32 Å². The highest BCUT2D eigenvalue weighted by atomic mass is 35.5. The lowest BCUT2D eigenvalue weighted by molar-refractivity contribution is 0.626. The maximum atomic E-state index is 13.3. The van der Waals surface area contributed by atoms with Crippen molar-refractivity contribution in [1.29, 1.82) is 0 Å². The van der Waals surface area contributed by atoms with Crippen molar-refractivity contribution in [2.45, 2.75) is 32.7 Å². The molecule has 3 heteroatoms. The first-order valence-corrected chi connectivity index (χ1v) is 7.34. The number of nitrogens with one attached hydrogen (secondary N) is 1. The van der Waals surface area contributed by atoms with Gasteiger partial charge in [0.1, 0.15) is 5.82 Å². The van der Waals surface area contributed by atoms with Crippen molar-refractivity contribution in [1.82, 2.24) is 0 Å². The quantitative estimate of drug-likeness (QED) is 0.748. The number of hydrogen-bond acceptors (Lipinski definition) is 1. The number of aryl methyl sites for hydroxylation is 1. The molecule has 0 radical (unpaired) electrons. The van der Waals surface area contributed by atoms with Crippen LogP contribution >= 0.6 is 11.6 Å². The van der Waals surface area contributed by atoms with Gasteiger partial charge in [-0.3, -0.25) is 0 Å². The van der Waals surface area contributed by atoms with Gasteiger partial charge in [-0.25, -0.2) is 4.39 Å². The lowest BCUT2D eigenvalue weighted by atomic mass is 10.1. The second kappa shape index (κ2) is 7.30. The Bertz CT molecular complexity index is 551. The van der Waals surface area contributed by atoms with Crippen molar-refractivity contribution in [3.05, 3.63) is 64.4 Å². The van der Waals surface area contributed by atoms with Crippen LogP contribution in [-0.2, 0) is 13.0 Å². The zero-order valence-electron chi connectivity index (χ0n) is 11.6. The van der Waals surface area contributed by atoms with Crippen molar-refractivity contribution >= 4 is 17.3 Å². The van der Waals surface area contributed by atoms with Crippen LogP contribution in [0.3, 0.4) is 0 Å². The third-order valence-electron chi connectivity index (χ3n) is 3.29. The minimum Gasteiger partial charge on any atom is -0.381 e. The standard InChI is InChI=1S/C17H19ClFN/c1-2-3-5-13-8-10-15(11-9-13)20-12-14-6-4-7-16(19)17(14)18/h4,6-11,20H,2-3,5,12H2,1H3. The fourth-order valence-electron chi connectivity index (χ4n) is 2.05. The highest BCUT2D eigenvalue weighted by Crippen LogP contribution is 2.21. The highest BCUT2D eigenvalue weighted by molar-refractivity contribution is 6.31. The first-order chi connectivity index (χ1) is 9.70. The molecule has 0 saturated heterocycles. The maximum Gasteiger partial charge on any atom is 0.142 e. The summed E-state index contributed by atoms with van der Waals surface area (Å²) in [6, 6.07) is 13.2. The molecule has 106 valence electrons. The number of hydrogen-bond donors (Lipinski definition) is 1. The molecule has 0 heterocycles. The van der Waals surface area contributed by atoms with Crippen molar-refractivity contribution in [3.8, 4) is 0 Å². The zero-order chi connectivity index (χ0) is 14.4. The van der Waals surface area contributed by atoms with Gasteiger partial charge in [-0.1, -0.05) is 49.2 Å². The summed E-state index contributed by atoms with van der Waals surface area (Å²) < 4.78 is 13.3. The molecule has 0 unspecified atom stereocenters.